The molecule has 0 atom stereocenters. The lowest BCUT2D eigenvalue weighted by Crippen LogP contribution is -2.33. The molecule has 0 spiro atoms. The number of thiophene rings is 1. The highest BCUT2D eigenvalue weighted by Crippen LogP contribution is 2.37. The first-order valence-corrected chi connectivity index (χ1v) is 11.8. The maximum absolute atomic E-state index is 5.39. The van der Waals surface area contributed by atoms with Crippen molar-refractivity contribution in [3.8, 4) is 0 Å². The van der Waals surface area contributed by atoms with E-state index in [9.17, 15) is 0 Å². The van der Waals surface area contributed by atoms with Crippen molar-refractivity contribution >= 4 is 44.4 Å². The number of unbranched alkanes of at least 4 members (excludes halogenated alkanes) is 2. The van der Waals surface area contributed by atoms with Gasteiger partial charge in [0.25, 0.3) is 0 Å². The zero-order valence-electron chi connectivity index (χ0n) is 16.7. The molecule has 0 amide bonds. The Kier molecular flexibility index (Phi) is 7.92. The first-order valence-electron chi connectivity index (χ1n) is 10.5. The smallest absolute Gasteiger partial charge is 0.170 e. The van der Waals surface area contributed by atoms with Crippen molar-refractivity contribution in [2.45, 2.75) is 58.3 Å². The van der Waals surface area contributed by atoms with Gasteiger partial charge in [-0.3, -0.25) is 0 Å². The molecule has 2 N–H and O–H groups in total. The van der Waals surface area contributed by atoms with Crippen LogP contribution in [0.3, 0.4) is 0 Å². The predicted molar refractivity (Wildman–Crippen MR) is 124 cm³/mol. The summed E-state index contributed by atoms with van der Waals surface area (Å²) in [7, 11) is 0. The molecule has 2 aromatic rings. The van der Waals surface area contributed by atoms with Crippen molar-refractivity contribution in [2.24, 2.45) is 0 Å². The van der Waals surface area contributed by atoms with Crippen molar-refractivity contribution in [1.82, 2.24) is 10.2 Å². The maximum Gasteiger partial charge on any atom is 0.170 e. The molecule has 1 aromatic carbocycles. The Morgan fingerprint density at radius 2 is 2.00 bits per heavy atom. The van der Waals surface area contributed by atoms with Crippen LogP contribution in [0.5, 0.6) is 0 Å². The Morgan fingerprint density at radius 1 is 1.19 bits per heavy atom. The van der Waals surface area contributed by atoms with Crippen LogP contribution in [-0.2, 0) is 0 Å². The highest BCUT2D eigenvalue weighted by molar-refractivity contribution is 7.80. The molecule has 0 bridgehead atoms. The number of rotatable bonds is 8. The van der Waals surface area contributed by atoms with E-state index < -0.39 is 0 Å². The van der Waals surface area contributed by atoms with E-state index in [-0.39, 0.29) is 0 Å². The summed E-state index contributed by atoms with van der Waals surface area (Å²) < 4.78 is 1.38. The monoisotopic (exact) mass is 403 g/mol. The third kappa shape index (κ3) is 5.66. The van der Waals surface area contributed by atoms with Crippen molar-refractivity contribution in [3.63, 3.8) is 0 Å². The van der Waals surface area contributed by atoms with Crippen LogP contribution in [-0.4, -0.2) is 36.2 Å². The van der Waals surface area contributed by atoms with E-state index in [0.29, 0.717) is 11.0 Å². The molecule has 1 aliphatic rings. The molecule has 1 saturated heterocycles. The Hall–Kier alpha value is -1.17. The second-order valence-electron chi connectivity index (χ2n) is 7.61. The minimum Gasteiger partial charge on any atom is -0.362 e. The molecule has 3 nitrogen and oxygen atoms in total. The first kappa shape index (κ1) is 20.6. The van der Waals surface area contributed by atoms with Crippen molar-refractivity contribution < 1.29 is 0 Å². The van der Waals surface area contributed by atoms with Gasteiger partial charge < -0.3 is 15.5 Å². The second kappa shape index (κ2) is 10.4. The minimum atomic E-state index is 0.696. The molecule has 27 heavy (non-hydrogen) atoms. The number of hydrogen-bond donors (Lipinski definition) is 2. The van der Waals surface area contributed by atoms with E-state index >= 15 is 0 Å². The van der Waals surface area contributed by atoms with Crippen LogP contribution >= 0.6 is 23.6 Å². The molecule has 1 fully saturated rings. The fourth-order valence-corrected chi connectivity index (χ4v) is 5.15. The van der Waals surface area contributed by atoms with E-state index in [1.54, 1.807) is 5.56 Å². The molecule has 0 saturated carbocycles. The molecule has 3 rings (SSSR count). The molecule has 0 radical (unpaired) electrons. The van der Waals surface area contributed by atoms with Gasteiger partial charge in [-0.1, -0.05) is 26.7 Å². The highest BCUT2D eigenvalue weighted by atomic mass is 32.1. The summed E-state index contributed by atoms with van der Waals surface area (Å²) in [5, 5.41) is 11.1. The lowest BCUT2D eigenvalue weighted by Gasteiger charge is -2.32. The van der Waals surface area contributed by atoms with Gasteiger partial charge in [0.15, 0.2) is 5.11 Å². The van der Waals surface area contributed by atoms with E-state index in [1.165, 1.54) is 61.8 Å². The molecule has 2 heterocycles. The minimum absolute atomic E-state index is 0.696. The summed E-state index contributed by atoms with van der Waals surface area (Å²) >= 11 is 7.27. The SMILES string of the molecule is CCCCCN1CCC(c2csc3ccc(NC(=S)NCCC)cc23)CC1. The van der Waals surface area contributed by atoms with Crippen LogP contribution in [0, 0.1) is 0 Å². The summed E-state index contributed by atoms with van der Waals surface area (Å²) in [5.41, 5.74) is 2.63. The topological polar surface area (TPSA) is 27.3 Å². The molecule has 148 valence electrons. The van der Waals surface area contributed by atoms with Crippen LogP contribution in [0.1, 0.15) is 63.9 Å². The third-order valence-electron chi connectivity index (χ3n) is 5.50. The summed E-state index contributed by atoms with van der Waals surface area (Å²) in [5.74, 6) is 0.696. The largest absolute Gasteiger partial charge is 0.362 e. The fraction of sp³-hybridized carbons (Fsp3) is 0.591. The van der Waals surface area contributed by atoms with Gasteiger partial charge in [0.1, 0.15) is 0 Å². The Balaban J connectivity index is 1.63. The molecular weight excluding hydrogens is 370 g/mol. The van der Waals surface area contributed by atoms with Crippen LogP contribution < -0.4 is 10.6 Å². The number of piperidine rings is 1. The number of hydrogen-bond acceptors (Lipinski definition) is 3. The number of fused-ring (bicyclic) bond motifs is 1. The lowest BCUT2D eigenvalue weighted by atomic mass is 9.89. The van der Waals surface area contributed by atoms with Gasteiger partial charge in [0.05, 0.1) is 0 Å². The van der Waals surface area contributed by atoms with Gasteiger partial charge in [-0.15, -0.1) is 11.3 Å². The summed E-state index contributed by atoms with van der Waals surface area (Å²) in [6.07, 6.45) is 7.67. The average Bonchev–Trinajstić information content (AvgIpc) is 3.10. The molecule has 0 aliphatic carbocycles. The van der Waals surface area contributed by atoms with Crippen LogP contribution in [0.25, 0.3) is 10.1 Å². The highest BCUT2D eigenvalue weighted by Gasteiger charge is 2.22. The zero-order chi connectivity index (χ0) is 19.1. The molecule has 0 unspecified atom stereocenters. The van der Waals surface area contributed by atoms with Gasteiger partial charge >= 0.3 is 0 Å². The van der Waals surface area contributed by atoms with Crippen LogP contribution in [0.15, 0.2) is 23.6 Å². The first-order chi connectivity index (χ1) is 13.2. The van der Waals surface area contributed by atoms with Gasteiger partial charge in [-0.25, -0.2) is 0 Å². The van der Waals surface area contributed by atoms with Gasteiger partial charge in [0.2, 0.25) is 0 Å². The van der Waals surface area contributed by atoms with Gasteiger partial charge in [0, 0.05) is 16.9 Å². The summed E-state index contributed by atoms with van der Waals surface area (Å²) in [6.45, 7) is 9.11. The molecule has 1 aromatic heterocycles. The zero-order valence-corrected chi connectivity index (χ0v) is 18.4. The Labute approximate surface area is 173 Å². The van der Waals surface area contributed by atoms with Crippen molar-refractivity contribution in [2.75, 3.05) is 31.5 Å². The van der Waals surface area contributed by atoms with Gasteiger partial charge in [-0.05, 0) is 98.0 Å². The van der Waals surface area contributed by atoms with Crippen LogP contribution in [0.4, 0.5) is 5.69 Å². The Morgan fingerprint density at radius 3 is 2.74 bits per heavy atom. The Bertz CT molecular complexity index is 732. The van der Waals surface area contributed by atoms with E-state index in [4.69, 9.17) is 12.2 Å². The fourth-order valence-electron chi connectivity index (χ4n) is 3.91. The van der Waals surface area contributed by atoms with Crippen LogP contribution in [0.2, 0.25) is 0 Å². The average molecular weight is 404 g/mol. The number of nitrogens with one attached hydrogen (secondary N) is 2. The maximum atomic E-state index is 5.39. The van der Waals surface area contributed by atoms with E-state index in [0.717, 1.165) is 18.7 Å². The van der Waals surface area contributed by atoms with E-state index in [1.807, 2.05) is 11.3 Å². The summed E-state index contributed by atoms with van der Waals surface area (Å²) in [6, 6.07) is 6.65. The standard InChI is InChI=1S/C22H33N3S2/c1-3-5-6-12-25-13-9-17(10-14-25)20-16-27-21-8-7-18(15-19(20)21)24-22(26)23-11-4-2/h7-8,15-17H,3-6,9-14H2,1-2H3,(H2,23,24,26). The number of likely N-dealkylation sites (tertiary alicyclic amines) is 1. The number of benzene rings is 1. The number of nitrogens with zero attached hydrogens (tertiary/aromatic N) is 1. The lowest BCUT2D eigenvalue weighted by molar-refractivity contribution is 0.209. The molecule has 5 heteroatoms. The predicted octanol–water partition coefficient (Wildman–Crippen LogP) is 5.97. The molecular formula is C22H33N3S2. The quantitative estimate of drug-likeness (QED) is 0.419. The van der Waals surface area contributed by atoms with Gasteiger partial charge in [-0.2, -0.15) is 0 Å². The van der Waals surface area contributed by atoms with Crippen molar-refractivity contribution in [1.29, 1.82) is 0 Å². The third-order valence-corrected chi connectivity index (χ3v) is 6.73. The molecule has 1 aliphatic heterocycles. The summed E-state index contributed by atoms with van der Waals surface area (Å²) in [4.78, 5) is 2.66. The van der Waals surface area contributed by atoms with Crippen molar-refractivity contribution in [3.05, 3.63) is 29.1 Å². The second-order valence-corrected chi connectivity index (χ2v) is 8.93. The normalized spacial score (nSPS) is 15.9. The van der Waals surface area contributed by atoms with E-state index in [2.05, 4.69) is 53.0 Å². The number of thiocarbonyl (C=S) groups is 1. The number of anilines is 1.